The van der Waals surface area contributed by atoms with Crippen LogP contribution in [0, 0.1) is 0 Å². The highest BCUT2D eigenvalue weighted by Gasteiger charge is 2.05. The van der Waals surface area contributed by atoms with Crippen LogP contribution in [0.25, 0.3) is 0 Å². The summed E-state index contributed by atoms with van der Waals surface area (Å²) < 4.78 is 10.4. The predicted octanol–water partition coefficient (Wildman–Crippen LogP) is 0.816. The fraction of sp³-hybridized carbons (Fsp3) is 1.00. The third-order valence-electron chi connectivity index (χ3n) is 2.28. The molecule has 1 rings (SSSR count). The van der Waals surface area contributed by atoms with E-state index in [2.05, 4.69) is 18.9 Å². The summed E-state index contributed by atoms with van der Waals surface area (Å²) in [5.41, 5.74) is 5.30. The second-order valence-corrected chi connectivity index (χ2v) is 5.29. The maximum Gasteiger partial charge on any atom is 0.0235 e. The standard InChI is InChI=1S/C6H16N2.C4H8OS/c1-3-8(2)6-4-5-7;5-6-3-1-2-4-6/h3-7H2,1-2H3;1-4H2. The highest BCUT2D eigenvalue weighted by atomic mass is 32.2. The van der Waals surface area contributed by atoms with Gasteiger partial charge in [0.05, 0.1) is 0 Å². The molecule has 0 aromatic rings. The Morgan fingerprint density at radius 2 is 1.93 bits per heavy atom. The summed E-state index contributed by atoms with van der Waals surface area (Å²) >= 11 is 0. The van der Waals surface area contributed by atoms with Crippen LogP contribution in [0.1, 0.15) is 26.2 Å². The minimum Gasteiger partial charge on any atom is -0.330 e. The molecule has 0 amide bonds. The Hall–Kier alpha value is 0.0700. The Morgan fingerprint density at radius 1 is 1.36 bits per heavy atom. The number of nitrogens with two attached hydrogens (primary N) is 1. The van der Waals surface area contributed by atoms with E-state index in [-0.39, 0.29) is 0 Å². The molecule has 1 fully saturated rings. The van der Waals surface area contributed by atoms with Gasteiger partial charge in [-0.05, 0) is 45.9 Å². The summed E-state index contributed by atoms with van der Waals surface area (Å²) in [6.45, 7) is 5.22. The quantitative estimate of drug-likeness (QED) is 0.763. The van der Waals surface area contributed by atoms with E-state index in [0.717, 1.165) is 37.6 Å². The molecule has 14 heavy (non-hydrogen) atoms. The van der Waals surface area contributed by atoms with E-state index >= 15 is 0 Å². The number of hydrogen-bond donors (Lipinski definition) is 1. The fourth-order valence-electron chi connectivity index (χ4n) is 1.15. The van der Waals surface area contributed by atoms with E-state index in [1.165, 1.54) is 12.8 Å². The molecule has 0 unspecified atom stereocenters. The molecule has 1 aliphatic heterocycles. The molecule has 4 heteroatoms. The molecule has 86 valence electrons. The monoisotopic (exact) mass is 220 g/mol. The van der Waals surface area contributed by atoms with Crippen molar-refractivity contribution >= 4 is 10.8 Å². The highest BCUT2D eigenvalue weighted by Crippen LogP contribution is 2.03. The summed E-state index contributed by atoms with van der Waals surface area (Å²) in [6, 6.07) is 0. The highest BCUT2D eigenvalue weighted by molar-refractivity contribution is 7.85. The molecule has 0 aromatic heterocycles. The third kappa shape index (κ3) is 8.66. The number of nitrogens with zero attached hydrogens (tertiary/aromatic N) is 1. The van der Waals surface area contributed by atoms with Gasteiger partial charge in [-0.25, -0.2) is 0 Å². The summed E-state index contributed by atoms with van der Waals surface area (Å²) in [7, 11) is 1.68. The maximum absolute atomic E-state index is 10.4. The Labute approximate surface area is 90.5 Å². The van der Waals surface area contributed by atoms with Crippen molar-refractivity contribution in [2.75, 3.05) is 38.2 Å². The van der Waals surface area contributed by atoms with E-state index < -0.39 is 10.8 Å². The summed E-state index contributed by atoms with van der Waals surface area (Å²) in [6.07, 6.45) is 3.49. The van der Waals surface area contributed by atoms with Crippen LogP contribution in [0.5, 0.6) is 0 Å². The van der Waals surface area contributed by atoms with E-state index in [1.54, 1.807) is 0 Å². The molecule has 0 aromatic carbocycles. The van der Waals surface area contributed by atoms with Gasteiger partial charge in [-0.15, -0.1) is 0 Å². The molecule has 0 spiro atoms. The van der Waals surface area contributed by atoms with Gasteiger partial charge in [0.25, 0.3) is 0 Å². The lowest BCUT2D eigenvalue weighted by Gasteiger charge is -2.11. The first-order chi connectivity index (χ1) is 6.70. The van der Waals surface area contributed by atoms with Crippen molar-refractivity contribution in [1.82, 2.24) is 4.90 Å². The van der Waals surface area contributed by atoms with E-state index in [0.29, 0.717) is 0 Å². The average Bonchev–Trinajstić information content (AvgIpc) is 2.66. The van der Waals surface area contributed by atoms with Crippen molar-refractivity contribution in [2.24, 2.45) is 5.73 Å². The maximum atomic E-state index is 10.4. The molecule has 1 aliphatic rings. The second kappa shape index (κ2) is 9.62. The lowest BCUT2D eigenvalue weighted by atomic mass is 10.4. The average molecular weight is 220 g/mol. The van der Waals surface area contributed by atoms with Gasteiger partial charge in [-0.3, -0.25) is 4.21 Å². The summed E-state index contributed by atoms with van der Waals surface area (Å²) in [4.78, 5) is 2.26. The van der Waals surface area contributed by atoms with Gasteiger partial charge >= 0.3 is 0 Å². The van der Waals surface area contributed by atoms with E-state index in [4.69, 9.17) is 5.73 Å². The molecule has 0 saturated carbocycles. The van der Waals surface area contributed by atoms with Gasteiger partial charge in [0.2, 0.25) is 0 Å². The Balaban J connectivity index is 0.000000249. The van der Waals surface area contributed by atoms with Crippen LogP contribution in [0.3, 0.4) is 0 Å². The summed E-state index contributed by atoms with van der Waals surface area (Å²) in [5, 5.41) is 0. The van der Waals surface area contributed by atoms with Gasteiger partial charge < -0.3 is 10.6 Å². The lowest BCUT2D eigenvalue weighted by Crippen LogP contribution is -2.20. The number of hydrogen-bond acceptors (Lipinski definition) is 3. The third-order valence-corrected chi connectivity index (χ3v) is 3.77. The first-order valence-electron chi connectivity index (χ1n) is 5.44. The van der Waals surface area contributed by atoms with Crippen molar-refractivity contribution in [3.8, 4) is 0 Å². The van der Waals surface area contributed by atoms with Crippen LogP contribution < -0.4 is 5.73 Å². The predicted molar refractivity (Wildman–Crippen MR) is 64.0 cm³/mol. The van der Waals surface area contributed by atoms with Crippen LogP contribution in [-0.4, -0.2) is 47.3 Å². The zero-order valence-corrected chi connectivity index (χ0v) is 10.3. The second-order valence-electron chi connectivity index (χ2n) is 3.59. The molecule has 2 N–H and O–H groups in total. The lowest BCUT2D eigenvalue weighted by molar-refractivity contribution is 0.349. The Bertz CT molecular complexity index is 145. The zero-order chi connectivity index (χ0) is 10.8. The van der Waals surface area contributed by atoms with Crippen molar-refractivity contribution in [3.63, 3.8) is 0 Å². The molecular formula is C10H24N2OS. The Kier molecular flexibility index (Phi) is 9.67. The molecule has 0 bridgehead atoms. The normalized spacial score (nSPS) is 16.9. The molecule has 1 heterocycles. The molecule has 1 saturated heterocycles. The van der Waals surface area contributed by atoms with Gasteiger partial charge in [0.1, 0.15) is 0 Å². The van der Waals surface area contributed by atoms with Crippen molar-refractivity contribution in [3.05, 3.63) is 0 Å². The van der Waals surface area contributed by atoms with Crippen LogP contribution in [0.4, 0.5) is 0 Å². The van der Waals surface area contributed by atoms with Crippen molar-refractivity contribution in [1.29, 1.82) is 0 Å². The van der Waals surface area contributed by atoms with Crippen LogP contribution in [-0.2, 0) is 10.8 Å². The smallest absolute Gasteiger partial charge is 0.0235 e. The van der Waals surface area contributed by atoms with Gasteiger partial charge in [-0.1, -0.05) is 6.92 Å². The van der Waals surface area contributed by atoms with Gasteiger partial charge in [-0.2, -0.15) is 0 Å². The number of rotatable bonds is 4. The van der Waals surface area contributed by atoms with Crippen LogP contribution in [0.15, 0.2) is 0 Å². The van der Waals surface area contributed by atoms with E-state index in [9.17, 15) is 4.21 Å². The molecule has 0 radical (unpaired) electrons. The molecule has 3 nitrogen and oxygen atoms in total. The first kappa shape index (κ1) is 14.1. The van der Waals surface area contributed by atoms with Gasteiger partial charge in [0, 0.05) is 22.3 Å². The minimum absolute atomic E-state index is 0.423. The van der Waals surface area contributed by atoms with Crippen molar-refractivity contribution in [2.45, 2.75) is 26.2 Å². The van der Waals surface area contributed by atoms with Crippen LogP contribution in [0.2, 0.25) is 0 Å². The molecular weight excluding hydrogens is 196 g/mol. The first-order valence-corrected chi connectivity index (χ1v) is 6.93. The molecule has 0 atom stereocenters. The largest absolute Gasteiger partial charge is 0.330 e. The SMILES string of the molecule is CCN(C)CCCN.O=S1CCCC1. The van der Waals surface area contributed by atoms with Crippen molar-refractivity contribution < 1.29 is 4.21 Å². The van der Waals surface area contributed by atoms with E-state index in [1.807, 2.05) is 0 Å². The zero-order valence-electron chi connectivity index (χ0n) is 9.50. The fourth-order valence-corrected chi connectivity index (χ4v) is 2.40. The Morgan fingerprint density at radius 3 is 2.21 bits per heavy atom. The minimum atomic E-state index is -0.423. The van der Waals surface area contributed by atoms with Gasteiger partial charge in [0.15, 0.2) is 0 Å². The topological polar surface area (TPSA) is 46.3 Å². The van der Waals surface area contributed by atoms with Crippen LogP contribution >= 0.6 is 0 Å². The molecule has 0 aliphatic carbocycles. The summed E-state index contributed by atoms with van der Waals surface area (Å²) in [5.74, 6) is 1.92.